The summed E-state index contributed by atoms with van der Waals surface area (Å²) in [6.45, 7) is 4.02. The van der Waals surface area contributed by atoms with Crippen LogP contribution >= 0.6 is 0 Å². The number of aromatic amines is 1. The maximum atomic E-state index is 12.9. The summed E-state index contributed by atoms with van der Waals surface area (Å²) in [5.41, 5.74) is 3.93. The topological polar surface area (TPSA) is 79.9 Å². The Morgan fingerprint density at radius 3 is 2.88 bits per heavy atom. The summed E-state index contributed by atoms with van der Waals surface area (Å²) < 4.78 is 5.26. The molecule has 26 heavy (non-hydrogen) atoms. The molecule has 0 saturated carbocycles. The molecule has 0 radical (unpaired) electrons. The van der Waals surface area contributed by atoms with Crippen molar-refractivity contribution in [1.82, 2.24) is 20.5 Å². The number of pyridine rings is 1. The molecule has 0 spiro atoms. The van der Waals surface area contributed by atoms with E-state index in [1.165, 1.54) is 0 Å². The molecule has 0 unspecified atom stereocenters. The van der Waals surface area contributed by atoms with Gasteiger partial charge in [-0.25, -0.2) is 0 Å². The number of carbonyl (C=O) groups excluding carboxylic acids is 1. The minimum absolute atomic E-state index is 0.156. The highest BCUT2D eigenvalue weighted by atomic mass is 16.5. The largest absolute Gasteiger partial charge is 0.497 e. The second-order valence-corrected chi connectivity index (χ2v) is 6.03. The quantitative estimate of drug-likeness (QED) is 0.711. The Morgan fingerprint density at radius 1 is 1.31 bits per heavy atom. The van der Waals surface area contributed by atoms with Crippen LogP contribution in [0.5, 0.6) is 5.75 Å². The Morgan fingerprint density at radius 2 is 2.15 bits per heavy atom. The van der Waals surface area contributed by atoms with E-state index in [1.807, 2.05) is 50.2 Å². The molecule has 6 heteroatoms. The van der Waals surface area contributed by atoms with E-state index in [1.54, 1.807) is 19.5 Å². The number of aryl methyl sites for hydroxylation is 1. The summed E-state index contributed by atoms with van der Waals surface area (Å²) in [7, 11) is 1.61. The number of carbonyl (C=O) groups is 1. The third-order valence-corrected chi connectivity index (χ3v) is 4.34. The molecule has 1 atom stereocenters. The summed E-state index contributed by atoms with van der Waals surface area (Å²) in [6.07, 6.45) is 4.04. The van der Waals surface area contributed by atoms with Gasteiger partial charge in [0.15, 0.2) is 0 Å². The van der Waals surface area contributed by atoms with Crippen LogP contribution in [-0.4, -0.2) is 28.2 Å². The Kier molecular flexibility index (Phi) is 5.31. The summed E-state index contributed by atoms with van der Waals surface area (Å²) in [4.78, 5) is 17.3. The molecule has 0 aliphatic heterocycles. The van der Waals surface area contributed by atoms with Crippen LogP contribution in [0, 0.1) is 6.92 Å². The molecule has 3 rings (SSSR count). The van der Waals surface area contributed by atoms with Crippen LogP contribution in [-0.2, 0) is 0 Å². The first-order valence-corrected chi connectivity index (χ1v) is 8.54. The molecule has 6 nitrogen and oxygen atoms in total. The van der Waals surface area contributed by atoms with E-state index in [0.717, 1.165) is 29.0 Å². The van der Waals surface area contributed by atoms with Gasteiger partial charge < -0.3 is 10.1 Å². The van der Waals surface area contributed by atoms with Gasteiger partial charge in [-0.15, -0.1) is 0 Å². The van der Waals surface area contributed by atoms with Gasteiger partial charge in [-0.2, -0.15) is 5.10 Å². The molecule has 2 N–H and O–H groups in total. The molecular weight excluding hydrogens is 328 g/mol. The van der Waals surface area contributed by atoms with Crippen molar-refractivity contribution in [1.29, 1.82) is 0 Å². The molecule has 134 valence electrons. The average molecular weight is 350 g/mol. The van der Waals surface area contributed by atoms with Crippen molar-refractivity contribution >= 4 is 5.91 Å². The Balaban J connectivity index is 1.87. The highest BCUT2D eigenvalue weighted by Gasteiger charge is 2.21. The lowest BCUT2D eigenvalue weighted by molar-refractivity contribution is 0.0935. The number of ether oxygens (including phenoxy) is 1. The number of aromatic nitrogens is 3. The van der Waals surface area contributed by atoms with E-state index in [2.05, 4.69) is 20.5 Å². The third kappa shape index (κ3) is 3.59. The van der Waals surface area contributed by atoms with E-state index in [-0.39, 0.29) is 11.9 Å². The minimum atomic E-state index is -0.187. The SMILES string of the molecule is CC[C@H](NC(=O)c1cn[nH]c1-c1cccc(OC)c1)c1ncccc1C. The van der Waals surface area contributed by atoms with Gasteiger partial charge in [0.2, 0.25) is 0 Å². The van der Waals surface area contributed by atoms with Gasteiger partial charge in [0.05, 0.1) is 36.3 Å². The van der Waals surface area contributed by atoms with Crippen molar-refractivity contribution in [3.05, 3.63) is 65.6 Å². The highest BCUT2D eigenvalue weighted by molar-refractivity contribution is 6.00. The summed E-state index contributed by atoms with van der Waals surface area (Å²) in [5, 5.41) is 10.0. The zero-order valence-electron chi connectivity index (χ0n) is 15.1. The van der Waals surface area contributed by atoms with Gasteiger partial charge >= 0.3 is 0 Å². The zero-order valence-corrected chi connectivity index (χ0v) is 15.1. The Labute approximate surface area is 152 Å². The van der Waals surface area contributed by atoms with Crippen molar-refractivity contribution in [2.45, 2.75) is 26.3 Å². The van der Waals surface area contributed by atoms with E-state index in [9.17, 15) is 4.79 Å². The maximum Gasteiger partial charge on any atom is 0.255 e. The molecule has 0 bridgehead atoms. The van der Waals surface area contributed by atoms with Gasteiger partial charge in [-0.3, -0.25) is 14.9 Å². The van der Waals surface area contributed by atoms with Gasteiger partial charge in [-0.1, -0.05) is 25.1 Å². The number of nitrogens with zero attached hydrogens (tertiary/aromatic N) is 2. The summed E-state index contributed by atoms with van der Waals surface area (Å²) in [6, 6.07) is 11.2. The predicted octanol–water partition coefficient (Wildman–Crippen LogP) is 3.67. The lowest BCUT2D eigenvalue weighted by Crippen LogP contribution is -2.29. The molecule has 0 aliphatic rings. The number of nitrogens with one attached hydrogen (secondary N) is 2. The van der Waals surface area contributed by atoms with Crippen LogP contribution in [0.1, 0.15) is 41.0 Å². The minimum Gasteiger partial charge on any atom is -0.497 e. The molecule has 3 aromatic rings. The Bertz CT molecular complexity index is 904. The van der Waals surface area contributed by atoms with Crippen LogP contribution in [0.4, 0.5) is 0 Å². The van der Waals surface area contributed by atoms with E-state index < -0.39 is 0 Å². The van der Waals surface area contributed by atoms with E-state index in [0.29, 0.717) is 11.3 Å². The smallest absolute Gasteiger partial charge is 0.255 e. The van der Waals surface area contributed by atoms with Crippen LogP contribution in [0.25, 0.3) is 11.3 Å². The highest BCUT2D eigenvalue weighted by Crippen LogP contribution is 2.26. The molecule has 1 amide bonds. The second-order valence-electron chi connectivity index (χ2n) is 6.03. The predicted molar refractivity (Wildman–Crippen MR) is 100 cm³/mol. The van der Waals surface area contributed by atoms with Crippen molar-refractivity contribution in [2.75, 3.05) is 7.11 Å². The molecule has 1 aromatic carbocycles. The number of amides is 1. The van der Waals surface area contributed by atoms with Crippen LogP contribution in [0.15, 0.2) is 48.8 Å². The third-order valence-electron chi connectivity index (χ3n) is 4.34. The first-order chi connectivity index (χ1) is 12.6. The average Bonchev–Trinajstić information content (AvgIpc) is 3.16. The first kappa shape index (κ1) is 17.7. The fourth-order valence-electron chi connectivity index (χ4n) is 2.92. The number of hydrogen-bond acceptors (Lipinski definition) is 4. The van der Waals surface area contributed by atoms with Gasteiger partial charge in [0, 0.05) is 11.8 Å². The van der Waals surface area contributed by atoms with Crippen LogP contribution < -0.4 is 10.1 Å². The molecule has 0 aliphatic carbocycles. The van der Waals surface area contributed by atoms with Crippen molar-refractivity contribution in [3.8, 4) is 17.0 Å². The lowest BCUT2D eigenvalue weighted by atomic mass is 10.0. The second kappa shape index (κ2) is 7.82. The lowest BCUT2D eigenvalue weighted by Gasteiger charge is -2.18. The van der Waals surface area contributed by atoms with Crippen molar-refractivity contribution in [3.63, 3.8) is 0 Å². The number of H-pyrrole nitrogens is 1. The number of rotatable bonds is 6. The molecule has 2 heterocycles. The zero-order chi connectivity index (χ0) is 18.5. The fraction of sp³-hybridized carbons (Fsp3) is 0.250. The van der Waals surface area contributed by atoms with Gasteiger partial charge in [0.1, 0.15) is 5.75 Å². The van der Waals surface area contributed by atoms with Crippen molar-refractivity contribution in [2.24, 2.45) is 0 Å². The number of hydrogen-bond donors (Lipinski definition) is 2. The monoisotopic (exact) mass is 350 g/mol. The standard InChI is InChI=1S/C20H22N4O2/c1-4-17(18-13(2)7-6-10-21-18)23-20(25)16-12-22-24-19(16)14-8-5-9-15(11-14)26-3/h5-12,17H,4H2,1-3H3,(H,22,24)(H,23,25)/t17-/m0/s1. The van der Waals surface area contributed by atoms with Gasteiger partial charge in [0.25, 0.3) is 5.91 Å². The normalized spacial score (nSPS) is 11.8. The van der Waals surface area contributed by atoms with Crippen LogP contribution in [0.3, 0.4) is 0 Å². The molecule has 0 fully saturated rings. The number of methoxy groups -OCH3 is 1. The fourth-order valence-corrected chi connectivity index (χ4v) is 2.92. The van der Waals surface area contributed by atoms with Gasteiger partial charge in [-0.05, 0) is 37.1 Å². The van der Waals surface area contributed by atoms with Crippen LogP contribution in [0.2, 0.25) is 0 Å². The molecule has 0 saturated heterocycles. The Hall–Kier alpha value is -3.15. The molecular formula is C20H22N4O2. The van der Waals surface area contributed by atoms with Crippen molar-refractivity contribution < 1.29 is 9.53 Å². The maximum absolute atomic E-state index is 12.9. The summed E-state index contributed by atoms with van der Waals surface area (Å²) >= 11 is 0. The van der Waals surface area contributed by atoms with E-state index in [4.69, 9.17) is 4.74 Å². The first-order valence-electron chi connectivity index (χ1n) is 8.54. The van der Waals surface area contributed by atoms with E-state index >= 15 is 0 Å². The molecule has 2 aromatic heterocycles. The number of benzene rings is 1. The summed E-state index contributed by atoms with van der Waals surface area (Å²) in [5.74, 6) is 0.535.